The summed E-state index contributed by atoms with van der Waals surface area (Å²) < 4.78 is 0. The first-order valence-corrected chi connectivity index (χ1v) is 4.89. The molecular weight excluding hydrogens is 152 g/mol. The molecule has 12 heavy (non-hydrogen) atoms. The highest BCUT2D eigenvalue weighted by Gasteiger charge is 2.18. The maximum absolute atomic E-state index is 9.61. The third-order valence-corrected chi connectivity index (χ3v) is 2.56. The molecule has 1 heterocycles. The molecule has 0 bridgehead atoms. The van der Waals surface area contributed by atoms with Crippen molar-refractivity contribution in [1.29, 1.82) is 0 Å². The van der Waals surface area contributed by atoms with E-state index in [1.165, 1.54) is 0 Å². The van der Waals surface area contributed by atoms with Crippen LogP contribution in [0.5, 0.6) is 0 Å². The number of β-amino-alcohol motifs (C(OH)–C–C–N with tert-alkyl or cyclic N) is 1. The summed E-state index contributed by atoms with van der Waals surface area (Å²) in [4.78, 5) is 4.61. The van der Waals surface area contributed by atoms with Crippen LogP contribution < -0.4 is 0 Å². The molecule has 3 heteroatoms. The lowest BCUT2D eigenvalue weighted by atomic mass is 10.3. The van der Waals surface area contributed by atoms with Crippen molar-refractivity contribution < 1.29 is 5.11 Å². The van der Waals surface area contributed by atoms with Crippen molar-refractivity contribution in [2.45, 2.75) is 20.0 Å². The molecule has 72 valence electrons. The van der Waals surface area contributed by atoms with E-state index in [0.29, 0.717) is 0 Å². The average molecular weight is 172 g/mol. The summed E-state index contributed by atoms with van der Waals surface area (Å²) in [6, 6.07) is 0. The second kappa shape index (κ2) is 4.80. The number of nitrogens with zero attached hydrogens (tertiary/aromatic N) is 2. The van der Waals surface area contributed by atoms with Crippen LogP contribution in [0.25, 0.3) is 0 Å². The minimum absolute atomic E-state index is 0.160. The second-order valence-corrected chi connectivity index (χ2v) is 3.44. The predicted molar refractivity (Wildman–Crippen MR) is 50.2 cm³/mol. The van der Waals surface area contributed by atoms with Gasteiger partial charge < -0.3 is 5.11 Å². The number of aliphatic hydroxyl groups is 1. The van der Waals surface area contributed by atoms with E-state index >= 15 is 0 Å². The molecule has 1 aliphatic rings. The highest BCUT2D eigenvalue weighted by Crippen LogP contribution is 2.02. The van der Waals surface area contributed by atoms with E-state index in [2.05, 4.69) is 23.6 Å². The summed E-state index contributed by atoms with van der Waals surface area (Å²) in [6.45, 7) is 10.3. The van der Waals surface area contributed by atoms with Gasteiger partial charge in [0, 0.05) is 26.2 Å². The zero-order valence-corrected chi connectivity index (χ0v) is 8.16. The fourth-order valence-corrected chi connectivity index (χ4v) is 1.69. The smallest absolute Gasteiger partial charge is 0.0793 e. The lowest BCUT2D eigenvalue weighted by Crippen LogP contribution is -2.33. The fourth-order valence-electron chi connectivity index (χ4n) is 1.69. The Balaban J connectivity index is 2.41. The standard InChI is InChI=1S/C9H20N2O/c1-3-10-5-6-11(4-2)8-9(12)7-10/h9,12H,3-8H2,1-2H3. The van der Waals surface area contributed by atoms with Gasteiger partial charge in [-0.25, -0.2) is 0 Å². The van der Waals surface area contributed by atoms with Crippen molar-refractivity contribution in [2.24, 2.45) is 0 Å². The molecule has 0 aromatic carbocycles. The summed E-state index contributed by atoms with van der Waals surface area (Å²) in [5.74, 6) is 0. The first-order valence-electron chi connectivity index (χ1n) is 4.89. The van der Waals surface area contributed by atoms with Gasteiger partial charge in [0.1, 0.15) is 0 Å². The fraction of sp³-hybridized carbons (Fsp3) is 1.00. The first-order chi connectivity index (χ1) is 5.76. The molecule has 1 aliphatic heterocycles. The quantitative estimate of drug-likeness (QED) is 0.635. The van der Waals surface area contributed by atoms with E-state index < -0.39 is 0 Å². The van der Waals surface area contributed by atoms with E-state index in [0.717, 1.165) is 39.3 Å². The number of rotatable bonds is 2. The monoisotopic (exact) mass is 172 g/mol. The van der Waals surface area contributed by atoms with Gasteiger partial charge >= 0.3 is 0 Å². The maximum atomic E-state index is 9.61. The predicted octanol–water partition coefficient (Wildman–Crippen LogP) is 0.00470. The van der Waals surface area contributed by atoms with Gasteiger partial charge in [0.25, 0.3) is 0 Å². The Morgan fingerprint density at radius 3 is 1.83 bits per heavy atom. The minimum Gasteiger partial charge on any atom is -0.390 e. The molecule has 0 unspecified atom stereocenters. The Hall–Kier alpha value is -0.120. The van der Waals surface area contributed by atoms with E-state index in [1.807, 2.05) is 0 Å². The topological polar surface area (TPSA) is 26.7 Å². The van der Waals surface area contributed by atoms with Gasteiger partial charge in [0.2, 0.25) is 0 Å². The van der Waals surface area contributed by atoms with Gasteiger partial charge in [0.05, 0.1) is 6.10 Å². The van der Waals surface area contributed by atoms with E-state index in [9.17, 15) is 5.11 Å². The SMILES string of the molecule is CCN1CCN(CC)CC(O)C1. The van der Waals surface area contributed by atoms with E-state index in [4.69, 9.17) is 0 Å². The first kappa shape index (κ1) is 9.96. The molecule has 0 spiro atoms. The summed E-state index contributed by atoms with van der Waals surface area (Å²) in [7, 11) is 0. The van der Waals surface area contributed by atoms with Crippen LogP contribution in [-0.4, -0.2) is 60.3 Å². The number of hydrogen-bond donors (Lipinski definition) is 1. The Kier molecular flexibility index (Phi) is 3.98. The summed E-state index contributed by atoms with van der Waals surface area (Å²) in [5.41, 5.74) is 0. The van der Waals surface area contributed by atoms with Crippen molar-refractivity contribution in [3.8, 4) is 0 Å². The van der Waals surface area contributed by atoms with Crippen LogP contribution in [0.4, 0.5) is 0 Å². The van der Waals surface area contributed by atoms with Gasteiger partial charge in [-0.05, 0) is 13.1 Å². The van der Waals surface area contributed by atoms with Crippen molar-refractivity contribution >= 4 is 0 Å². The molecule has 1 saturated heterocycles. The summed E-state index contributed by atoms with van der Waals surface area (Å²) >= 11 is 0. The van der Waals surface area contributed by atoms with Crippen LogP contribution in [0.3, 0.4) is 0 Å². The molecule has 0 saturated carbocycles. The molecule has 0 aromatic rings. The van der Waals surface area contributed by atoms with Gasteiger partial charge in [-0.2, -0.15) is 0 Å². The van der Waals surface area contributed by atoms with Crippen molar-refractivity contribution in [2.75, 3.05) is 39.3 Å². The van der Waals surface area contributed by atoms with Crippen molar-refractivity contribution in [3.63, 3.8) is 0 Å². The molecule has 0 amide bonds. The molecule has 0 aliphatic carbocycles. The van der Waals surface area contributed by atoms with Gasteiger partial charge in [-0.1, -0.05) is 13.8 Å². The van der Waals surface area contributed by atoms with Crippen LogP contribution in [0.2, 0.25) is 0 Å². The Labute approximate surface area is 75.0 Å². The third-order valence-electron chi connectivity index (χ3n) is 2.56. The number of hydrogen-bond acceptors (Lipinski definition) is 3. The van der Waals surface area contributed by atoms with E-state index in [1.54, 1.807) is 0 Å². The molecule has 3 nitrogen and oxygen atoms in total. The lowest BCUT2D eigenvalue weighted by Gasteiger charge is -2.18. The van der Waals surface area contributed by atoms with Crippen LogP contribution in [-0.2, 0) is 0 Å². The second-order valence-electron chi connectivity index (χ2n) is 3.44. The summed E-state index contributed by atoms with van der Waals surface area (Å²) in [5, 5.41) is 9.61. The maximum Gasteiger partial charge on any atom is 0.0793 e. The van der Waals surface area contributed by atoms with Crippen LogP contribution in [0.15, 0.2) is 0 Å². The molecule has 1 rings (SSSR count). The summed E-state index contributed by atoms with van der Waals surface area (Å²) in [6.07, 6.45) is -0.160. The number of aliphatic hydroxyl groups excluding tert-OH is 1. The molecular formula is C9H20N2O. The zero-order chi connectivity index (χ0) is 8.97. The Bertz CT molecular complexity index is 116. The van der Waals surface area contributed by atoms with Crippen LogP contribution in [0, 0.1) is 0 Å². The Morgan fingerprint density at radius 2 is 1.50 bits per heavy atom. The Morgan fingerprint density at radius 1 is 1.08 bits per heavy atom. The molecule has 1 fully saturated rings. The largest absolute Gasteiger partial charge is 0.390 e. The average Bonchev–Trinajstić information content (AvgIpc) is 2.26. The zero-order valence-electron chi connectivity index (χ0n) is 8.16. The van der Waals surface area contributed by atoms with Crippen LogP contribution >= 0.6 is 0 Å². The molecule has 1 N–H and O–H groups in total. The van der Waals surface area contributed by atoms with Crippen molar-refractivity contribution in [1.82, 2.24) is 9.80 Å². The molecule has 0 radical (unpaired) electrons. The normalized spacial score (nSPS) is 24.2. The molecule has 0 atom stereocenters. The highest BCUT2D eigenvalue weighted by atomic mass is 16.3. The van der Waals surface area contributed by atoms with E-state index in [-0.39, 0.29) is 6.10 Å². The lowest BCUT2D eigenvalue weighted by molar-refractivity contribution is 0.112. The number of likely N-dealkylation sites (N-methyl/N-ethyl adjacent to an activating group) is 2. The third kappa shape index (κ3) is 2.73. The van der Waals surface area contributed by atoms with Crippen LogP contribution in [0.1, 0.15) is 13.8 Å². The minimum atomic E-state index is -0.160. The van der Waals surface area contributed by atoms with Gasteiger partial charge in [-0.3, -0.25) is 9.80 Å². The molecule has 0 aromatic heterocycles. The van der Waals surface area contributed by atoms with Gasteiger partial charge in [-0.15, -0.1) is 0 Å². The van der Waals surface area contributed by atoms with Gasteiger partial charge in [0.15, 0.2) is 0 Å². The van der Waals surface area contributed by atoms with Crippen molar-refractivity contribution in [3.05, 3.63) is 0 Å². The highest BCUT2D eigenvalue weighted by molar-refractivity contribution is 4.74.